The standard InChI is InChI=1S/C24H23FN8/c25-19-14-17(32-10-7-26-8-11-32)4-5-21(19)30-24-29-15-16-13-18(20-3-1-2-6-27-20)23-28-9-12-33(23)22(16)31-24/h1-6,13-15,26H,7-12H2,(H,29,30,31). The van der Waals surface area contributed by atoms with Gasteiger partial charge in [-0.05, 0) is 36.4 Å². The van der Waals surface area contributed by atoms with E-state index in [4.69, 9.17) is 4.98 Å². The molecule has 0 saturated carbocycles. The highest BCUT2D eigenvalue weighted by molar-refractivity contribution is 6.35. The molecule has 6 rings (SSSR count). The minimum Gasteiger partial charge on any atom is -0.369 e. The van der Waals surface area contributed by atoms with Gasteiger partial charge >= 0.3 is 0 Å². The van der Waals surface area contributed by atoms with Crippen molar-refractivity contribution in [3.8, 4) is 0 Å². The molecule has 5 heterocycles. The predicted molar refractivity (Wildman–Crippen MR) is 129 cm³/mol. The van der Waals surface area contributed by atoms with E-state index in [9.17, 15) is 4.39 Å². The normalized spacial score (nSPS) is 17.2. The number of pyridine rings is 1. The van der Waals surface area contributed by atoms with Crippen LogP contribution >= 0.6 is 0 Å². The lowest BCUT2D eigenvalue weighted by Gasteiger charge is -2.29. The van der Waals surface area contributed by atoms with Gasteiger partial charge in [0.25, 0.3) is 0 Å². The molecular formula is C24H23FN8. The van der Waals surface area contributed by atoms with Crippen LogP contribution in [0.15, 0.2) is 53.8 Å². The molecule has 3 aliphatic heterocycles. The van der Waals surface area contributed by atoms with Gasteiger partial charge in [0, 0.05) is 61.9 Å². The third-order valence-electron chi connectivity index (χ3n) is 6.06. The van der Waals surface area contributed by atoms with Crippen LogP contribution in [0.2, 0.25) is 0 Å². The van der Waals surface area contributed by atoms with E-state index in [0.717, 1.165) is 66.9 Å². The van der Waals surface area contributed by atoms with E-state index in [1.54, 1.807) is 24.5 Å². The number of rotatable bonds is 4. The molecular weight excluding hydrogens is 419 g/mol. The van der Waals surface area contributed by atoms with E-state index < -0.39 is 0 Å². The van der Waals surface area contributed by atoms with Crippen LogP contribution in [0.25, 0.3) is 11.6 Å². The average molecular weight is 443 g/mol. The highest BCUT2D eigenvalue weighted by atomic mass is 19.1. The Hall–Kier alpha value is -3.85. The number of amidine groups is 1. The number of aromatic nitrogens is 3. The lowest BCUT2D eigenvalue weighted by molar-refractivity contribution is 0.585. The summed E-state index contributed by atoms with van der Waals surface area (Å²) < 4.78 is 14.9. The summed E-state index contributed by atoms with van der Waals surface area (Å²) in [5.41, 5.74) is 3.94. The topological polar surface area (TPSA) is 81.6 Å². The van der Waals surface area contributed by atoms with Gasteiger partial charge in [0.2, 0.25) is 5.95 Å². The molecule has 1 saturated heterocycles. The Kier molecular flexibility index (Phi) is 4.95. The lowest BCUT2D eigenvalue weighted by atomic mass is 10.0. The van der Waals surface area contributed by atoms with Crippen molar-refractivity contribution in [3.05, 3.63) is 65.9 Å². The maximum atomic E-state index is 14.9. The second-order valence-corrected chi connectivity index (χ2v) is 8.13. The van der Waals surface area contributed by atoms with E-state index >= 15 is 0 Å². The number of fused-ring (bicyclic) bond motifs is 3. The van der Waals surface area contributed by atoms with Crippen molar-refractivity contribution >= 4 is 40.6 Å². The summed E-state index contributed by atoms with van der Waals surface area (Å²) in [6, 6.07) is 11.1. The van der Waals surface area contributed by atoms with E-state index in [2.05, 4.69) is 35.4 Å². The molecule has 1 fully saturated rings. The van der Waals surface area contributed by atoms with Gasteiger partial charge < -0.3 is 20.4 Å². The Balaban J connectivity index is 1.29. The minimum absolute atomic E-state index is 0.326. The number of nitrogens with zero attached hydrogens (tertiary/aromatic N) is 6. The first-order chi connectivity index (χ1) is 16.3. The molecule has 0 spiro atoms. The monoisotopic (exact) mass is 442 g/mol. The Morgan fingerprint density at radius 2 is 1.94 bits per heavy atom. The highest BCUT2D eigenvalue weighted by Crippen LogP contribution is 2.35. The van der Waals surface area contributed by atoms with Crippen molar-refractivity contribution in [1.29, 1.82) is 0 Å². The van der Waals surface area contributed by atoms with E-state index in [1.165, 1.54) is 0 Å². The number of benzene rings is 1. The van der Waals surface area contributed by atoms with Gasteiger partial charge in [-0.15, -0.1) is 0 Å². The smallest absolute Gasteiger partial charge is 0.229 e. The predicted octanol–water partition coefficient (Wildman–Crippen LogP) is 2.94. The van der Waals surface area contributed by atoms with Crippen LogP contribution in [0.5, 0.6) is 0 Å². The van der Waals surface area contributed by atoms with Crippen LogP contribution in [-0.4, -0.2) is 60.1 Å². The van der Waals surface area contributed by atoms with Gasteiger partial charge in [0.1, 0.15) is 17.5 Å². The molecule has 0 atom stereocenters. The number of hydrogen-bond acceptors (Lipinski definition) is 8. The van der Waals surface area contributed by atoms with Gasteiger partial charge in [-0.1, -0.05) is 6.07 Å². The summed E-state index contributed by atoms with van der Waals surface area (Å²) in [6.07, 6.45) is 5.55. The SMILES string of the molecule is Fc1cc(N2CCNCC2)ccc1Nc1ncc2c(n1)N1CCN=C1C(c1ccccn1)=C2. The first-order valence-corrected chi connectivity index (χ1v) is 11.1. The van der Waals surface area contributed by atoms with Crippen molar-refractivity contribution < 1.29 is 4.39 Å². The molecule has 3 aromatic rings. The maximum Gasteiger partial charge on any atom is 0.229 e. The summed E-state index contributed by atoms with van der Waals surface area (Å²) in [5.74, 6) is 1.65. The highest BCUT2D eigenvalue weighted by Gasteiger charge is 2.31. The first kappa shape index (κ1) is 19.8. The van der Waals surface area contributed by atoms with Gasteiger partial charge in [-0.3, -0.25) is 9.98 Å². The van der Waals surface area contributed by atoms with Gasteiger partial charge in [-0.25, -0.2) is 9.37 Å². The number of hydrogen-bond donors (Lipinski definition) is 2. The molecule has 0 aliphatic carbocycles. The molecule has 33 heavy (non-hydrogen) atoms. The van der Waals surface area contributed by atoms with Crippen LogP contribution in [0.1, 0.15) is 11.3 Å². The van der Waals surface area contributed by atoms with E-state index in [-0.39, 0.29) is 5.82 Å². The average Bonchev–Trinajstić information content (AvgIpc) is 3.36. The van der Waals surface area contributed by atoms with Gasteiger partial charge in [-0.2, -0.15) is 4.98 Å². The van der Waals surface area contributed by atoms with Crippen LogP contribution in [-0.2, 0) is 0 Å². The molecule has 1 aromatic carbocycles. The fraction of sp³-hybridized carbons (Fsp3) is 0.250. The van der Waals surface area contributed by atoms with Crippen LogP contribution < -0.4 is 20.4 Å². The van der Waals surface area contributed by atoms with Gasteiger partial charge in [0.15, 0.2) is 0 Å². The zero-order valence-corrected chi connectivity index (χ0v) is 18.0. The summed E-state index contributed by atoms with van der Waals surface area (Å²) in [7, 11) is 0. The molecule has 0 unspecified atom stereocenters. The second-order valence-electron chi connectivity index (χ2n) is 8.13. The van der Waals surface area contributed by atoms with Crippen molar-refractivity contribution in [2.24, 2.45) is 4.99 Å². The van der Waals surface area contributed by atoms with E-state index in [1.807, 2.05) is 30.3 Å². The molecule has 166 valence electrons. The van der Waals surface area contributed by atoms with Crippen LogP contribution in [0.4, 0.5) is 27.5 Å². The number of piperazine rings is 1. The summed E-state index contributed by atoms with van der Waals surface area (Å²) >= 11 is 0. The largest absolute Gasteiger partial charge is 0.369 e. The van der Waals surface area contributed by atoms with Crippen molar-refractivity contribution in [1.82, 2.24) is 20.3 Å². The van der Waals surface area contributed by atoms with E-state index in [0.29, 0.717) is 18.2 Å². The summed E-state index contributed by atoms with van der Waals surface area (Å²) in [4.78, 5) is 22.6. The van der Waals surface area contributed by atoms with Crippen molar-refractivity contribution in [2.45, 2.75) is 0 Å². The van der Waals surface area contributed by atoms with Crippen molar-refractivity contribution in [2.75, 3.05) is 54.4 Å². The van der Waals surface area contributed by atoms with Crippen molar-refractivity contribution in [3.63, 3.8) is 0 Å². The fourth-order valence-electron chi connectivity index (χ4n) is 4.42. The molecule has 0 bridgehead atoms. The molecule has 0 amide bonds. The quantitative estimate of drug-likeness (QED) is 0.643. The zero-order chi connectivity index (χ0) is 22.2. The molecule has 9 heteroatoms. The molecule has 0 radical (unpaired) electrons. The third kappa shape index (κ3) is 3.70. The van der Waals surface area contributed by atoms with Gasteiger partial charge in [0.05, 0.1) is 17.9 Å². The lowest BCUT2D eigenvalue weighted by Crippen LogP contribution is -2.43. The Morgan fingerprint density at radius 3 is 2.76 bits per heavy atom. The Morgan fingerprint density at radius 1 is 1.03 bits per heavy atom. The fourth-order valence-corrected chi connectivity index (χ4v) is 4.42. The zero-order valence-electron chi connectivity index (χ0n) is 18.0. The maximum absolute atomic E-state index is 14.9. The first-order valence-electron chi connectivity index (χ1n) is 11.1. The number of aliphatic imine (C=N–C) groups is 1. The number of halogens is 1. The van der Waals surface area contributed by atoms with Crippen LogP contribution in [0, 0.1) is 5.82 Å². The molecule has 3 aliphatic rings. The Labute approximate surface area is 190 Å². The van der Waals surface area contributed by atoms with Crippen LogP contribution in [0.3, 0.4) is 0 Å². The minimum atomic E-state index is -0.326. The number of anilines is 4. The second kappa shape index (κ2) is 8.25. The molecule has 8 nitrogen and oxygen atoms in total. The summed E-state index contributed by atoms with van der Waals surface area (Å²) in [6.45, 7) is 4.97. The third-order valence-corrected chi connectivity index (χ3v) is 6.06. The molecule has 2 aromatic heterocycles. The number of nitrogens with one attached hydrogen (secondary N) is 2. The molecule has 2 N–H and O–H groups in total. The summed E-state index contributed by atoms with van der Waals surface area (Å²) in [5, 5.41) is 6.36. The Bertz CT molecular complexity index is 1250.